The second-order valence-electron chi connectivity index (χ2n) is 5.87. The highest BCUT2D eigenvalue weighted by Gasteiger charge is 2.13. The van der Waals surface area contributed by atoms with E-state index >= 15 is 0 Å². The molecule has 134 valence electrons. The molecule has 0 aliphatic carbocycles. The van der Waals surface area contributed by atoms with E-state index in [4.69, 9.17) is 4.74 Å². The molecule has 0 atom stereocenters. The van der Waals surface area contributed by atoms with Crippen LogP contribution in [0.15, 0.2) is 66.0 Å². The number of nitrogens with one attached hydrogen (secondary N) is 1. The summed E-state index contributed by atoms with van der Waals surface area (Å²) < 4.78 is 18.8. The monoisotopic (exact) mass is 378 g/mol. The van der Waals surface area contributed by atoms with Crippen molar-refractivity contribution >= 4 is 33.1 Å². The fourth-order valence-corrected chi connectivity index (χ4v) is 3.59. The molecule has 0 bridgehead atoms. The van der Waals surface area contributed by atoms with Crippen LogP contribution in [0, 0.1) is 5.82 Å². The van der Waals surface area contributed by atoms with Gasteiger partial charge in [0.2, 0.25) is 0 Å². The molecule has 0 fully saturated rings. The predicted molar refractivity (Wildman–Crippen MR) is 106 cm³/mol. The van der Waals surface area contributed by atoms with Crippen molar-refractivity contribution in [3.8, 4) is 17.0 Å². The minimum atomic E-state index is -0.454. The van der Waals surface area contributed by atoms with Crippen molar-refractivity contribution < 1.29 is 13.9 Å². The molecule has 0 unspecified atom stereocenters. The van der Waals surface area contributed by atoms with Gasteiger partial charge in [-0.15, -0.1) is 11.3 Å². The highest BCUT2D eigenvalue weighted by atomic mass is 32.1. The molecule has 4 aromatic rings. The van der Waals surface area contributed by atoms with Crippen molar-refractivity contribution in [2.75, 3.05) is 12.4 Å². The summed E-state index contributed by atoms with van der Waals surface area (Å²) in [7, 11) is 1.42. The number of aromatic nitrogens is 1. The first kappa shape index (κ1) is 17.2. The number of ether oxygens (including phenoxy) is 1. The highest BCUT2D eigenvalue weighted by molar-refractivity contribution is 7.14. The summed E-state index contributed by atoms with van der Waals surface area (Å²) in [6.07, 6.45) is 0. The maximum absolute atomic E-state index is 13.9. The third-order valence-corrected chi connectivity index (χ3v) is 4.96. The highest BCUT2D eigenvalue weighted by Crippen LogP contribution is 2.29. The van der Waals surface area contributed by atoms with Crippen molar-refractivity contribution in [2.24, 2.45) is 0 Å². The lowest BCUT2D eigenvalue weighted by atomic mass is 10.0. The summed E-state index contributed by atoms with van der Waals surface area (Å²) in [5.41, 5.74) is 1.80. The number of fused-ring (bicyclic) bond motifs is 1. The predicted octanol–water partition coefficient (Wildman–Crippen LogP) is 5.36. The Labute approximate surface area is 159 Å². The third-order valence-electron chi connectivity index (χ3n) is 4.21. The van der Waals surface area contributed by atoms with E-state index < -0.39 is 5.82 Å². The lowest BCUT2D eigenvalue weighted by molar-refractivity contribution is 0.102. The van der Waals surface area contributed by atoms with Gasteiger partial charge in [0.05, 0.1) is 12.8 Å². The normalized spacial score (nSPS) is 10.7. The van der Waals surface area contributed by atoms with Crippen LogP contribution in [-0.2, 0) is 0 Å². The average molecular weight is 378 g/mol. The first-order valence-corrected chi connectivity index (χ1v) is 9.12. The topological polar surface area (TPSA) is 51.2 Å². The van der Waals surface area contributed by atoms with Crippen LogP contribution < -0.4 is 10.1 Å². The zero-order valence-electron chi connectivity index (χ0n) is 14.4. The molecule has 0 saturated carbocycles. The van der Waals surface area contributed by atoms with Gasteiger partial charge in [-0.3, -0.25) is 10.1 Å². The number of hydrogen-bond acceptors (Lipinski definition) is 4. The Bertz CT molecular complexity index is 1130. The Balaban J connectivity index is 1.59. The maximum Gasteiger partial charge on any atom is 0.258 e. The Morgan fingerprint density at radius 1 is 1.11 bits per heavy atom. The molecule has 0 aliphatic heterocycles. The van der Waals surface area contributed by atoms with Crippen LogP contribution >= 0.6 is 11.3 Å². The molecule has 1 amide bonds. The van der Waals surface area contributed by atoms with Crippen molar-refractivity contribution in [3.05, 3.63) is 77.4 Å². The van der Waals surface area contributed by atoms with Crippen LogP contribution in [0.2, 0.25) is 0 Å². The summed E-state index contributed by atoms with van der Waals surface area (Å²) in [6, 6.07) is 18.0. The molecule has 6 heteroatoms. The fourth-order valence-electron chi connectivity index (χ4n) is 2.88. The number of benzene rings is 3. The number of carbonyl (C=O) groups is 1. The summed E-state index contributed by atoms with van der Waals surface area (Å²) in [5, 5.41) is 6.94. The van der Waals surface area contributed by atoms with E-state index in [9.17, 15) is 9.18 Å². The molecular formula is C21H15FN2O2S. The summed E-state index contributed by atoms with van der Waals surface area (Å²) in [6.45, 7) is 0. The van der Waals surface area contributed by atoms with Crippen LogP contribution in [0.1, 0.15) is 10.4 Å². The molecule has 0 saturated heterocycles. The van der Waals surface area contributed by atoms with E-state index in [0.29, 0.717) is 22.0 Å². The van der Waals surface area contributed by atoms with Crippen LogP contribution in [0.3, 0.4) is 0 Å². The van der Waals surface area contributed by atoms with Crippen LogP contribution in [0.5, 0.6) is 5.75 Å². The van der Waals surface area contributed by atoms with Crippen molar-refractivity contribution in [3.63, 3.8) is 0 Å². The van der Waals surface area contributed by atoms with Gasteiger partial charge in [0.25, 0.3) is 5.91 Å². The van der Waals surface area contributed by atoms with Gasteiger partial charge in [0.15, 0.2) is 16.7 Å². The molecule has 3 aromatic carbocycles. The van der Waals surface area contributed by atoms with Crippen LogP contribution in [0.4, 0.5) is 9.52 Å². The Morgan fingerprint density at radius 3 is 2.74 bits per heavy atom. The van der Waals surface area contributed by atoms with Gasteiger partial charge in [-0.05, 0) is 35.0 Å². The Kier molecular flexibility index (Phi) is 4.56. The number of amides is 1. The number of halogens is 1. The maximum atomic E-state index is 13.9. The van der Waals surface area contributed by atoms with E-state index in [-0.39, 0.29) is 11.7 Å². The summed E-state index contributed by atoms with van der Waals surface area (Å²) in [4.78, 5) is 17.1. The molecular weight excluding hydrogens is 363 g/mol. The number of carbonyl (C=O) groups excluding carboxylic acids is 1. The number of methoxy groups -OCH3 is 1. The van der Waals surface area contributed by atoms with Crippen LogP contribution in [-0.4, -0.2) is 18.0 Å². The van der Waals surface area contributed by atoms with Gasteiger partial charge in [0, 0.05) is 16.5 Å². The molecule has 1 heterocycles. The molecule has 0 radical (unpaired) electrons. The van der Waals surface area contributed by atoms with Gasteiger partial charge in [-0.2, -0.15) is 0 Å². The molecule has 1 N–H and O–H groups in total. The van der Waals surface area contributed by atoms with E-state index in [1.807, 2.05) is 36.4 Å². The number of thiazole rings is 1. The third kappa shape index (κ3) is 3.39. The molecule has 0 aliphatic rings. The lowest BCUT2D eigenvalue weighted by Crippen LogP contribution is -2.12. The number of hydrogen-bond donors (Lipinski definition) is 1. The zero-order valence-corrected chi connectivity index (χ0v) is 15.2. The van der Waals surface area contributed by atoms with Crippen molar-refractivity contribution in [1.29, 1.82) is 0 Å². The molecule has 27 heavy (non-hydrogen) atoms. The van der Waals surface area contributed by atoms with Crippen molar-refractivity contribution in [1.82, 2.24) is 4.98 Å². The number of nitrogens with zero attached hydrogens (tertiary/aromatic N) is 1. The Hall–Kier alpha value is -3.25. The largest absolute Gasteiger partial charge is 0.494 e. The minimum Gasteiger partial charge on any atom is -0.494 e. The molecule has 1 aromatic heterocycles. The average Bonchev–Trinajstić information content (AvgIpc) is 3.16. The first-order chi connectivity index (χ1) is 13.2. The van der Waals surface area contributed by atoms with Crippen LogP contribution in [0.25, 0.3) is 22.0 Å². The number of anilines is 1. The smallest absolute Gasteiger partial charge is 0.258 e. The minimum absolute atomic E-state index is 0.179. The standard InChI is InChI=1S/C21H15FN2O2S/c1-26-19-10-9-14(11-17(19)22)18-12-27-21(23-18)24-20(25)16-8-4-6-13-5-2-3-7-15(13)16/h2-12H,1H3,(H,23,24,25). The van der Waals surface area contributed by atoms with Gasteiger partial charge in [0.1, 0.15) is 0 Å². The SMILES string of the molecule is COc1ccc(-c2csc(NC(=O)c3cccc4ccccc34)n2)cc1F. The van der Waals surface area contributed by atoms with E-state index in [0.717, 1.165) is 10.8 Å². The van der Waals surface area contributed by atoms with E-state index in [1.165, 1.54) is 24.5 Å². The fraction of sp³-hybridized carbons (Fsp3) is 0.0476. The zero-order chi connectivity index (χ0) is 18.8. The van der Waals surface area contributed by atoms with E-state index in [1.54, 1.807) is 23.6 Å². The lowest BCUT2D eigenvalue weighted by Gasteiger charge is -2.06. The van der Waals surface area contributed by atoms with E-state index in [2.05, 4.69) is 10.3 Å². The molecule has 4 rings (SSSR count). The second kappa shape index (κ2) is 7.17. The molecule has 4 nitrogen and oxygen atoms in total. The summed E-state index contributed by atoms with van der Waals surface area (Å²) >= 11 is 1.29. The summed E-state index contributed by atoms with van der Waals surface area (Å²) in [5.74, 6) is -0.503. The Morgan fingerprint density at radius 2 is 1.93 bits per heavy atom. The first-order valence-electron chi connectivity index (χ1n) is 8.24. The number of rotatable bonds is 4. The van der Waals surface area contributed by atoms with Gasteiger partial charge >= 0.3 is 0 Å². The van der Waals surface area contributed by atoms with Gasteiger partial charge in [-0.25, -0.2) is 9.37 Å². The van der Waals surface area contributed by atoms with Crippen molar-refractivity contribution in [2.45, 2.75) is 0 Å². The quantitative estimate of drug-likeness (QED) is 0.520. The molecule has 0 spiro atoms. The van der Waals surface area contributed by atoms with Gasteiger partial charge in [-0.1, -0.05) is 36.4 Å². The second-order valence-corrected chi connectivity index (χ2v) is 6.73. The van der Waals surface area contributed by atoms with Gasteiger partial charge < -0.3 is 4.74 Å².